The smallest absolute Gasteiger partial charge is 0.305 e. The first-order chi connectivity index (χ1) is 8.41. The van der Waals surface area contributed by atoms with Gasteiger partial charge in [0.15, 0.2) is 4.21 Å². The number of nitrogens with one attached hydrogen (secondary N) is 1. The number of hydrogen-bond acceptors (Lipinski definition) is 5. The van der Waals surface area contributed by atoms with Gasteiger partial charge in [-0.1, -0.05) is 11.3 Å². The first-order valence-electron chi connectivity index (χ1n) is 5.72. The van der Waals surface area contributed by atoms with Crippen LogP contribution in [0.25, 0.3) is 0 Å². The fourth-order valence-electron chi connectivity index (χ4n) is 1.93. The summed E-state index contributed by atoms with van der Waals surface area (Å²) in [6.07, 6.45) is 0.542. The molecule has 1 N–H and O–H groups in total. The maximum atomic E-state index is 12.4. The van der Waals surface area contributed by atoms with E-state index in [-0.39, 0.29) is 15.2 Å². The van der Waals surface area contributed by atoms with Crippen molar-refractivity contribution < 1.29 is 13.2 Å². The van der Waals surface area contributed by atoms with Gasteiger partial charge in [-0.3, -0.25) is 4.79 Å². The molecule has 0 saturated carbocycles. The Morgan fingerprint density at radius 2 is 2.22 bits per heavy atom. The number of sulfonamides is 1. The molecule has 0 spiro atoms. The van der Waals surface area contributed by atoms with E-state index in [4.69, 9.17) is 4.74 Å². The molecule has 8 heteroatoms. The Labute approximate surface area is 110 Å². The largest absolute Gasteiger partial charge is 0.377 e. The van der Waals surface area contributed by atoms with Gasteiger partial charge in [-0.25, -0.2) is 8.42 Å². The lowest BCUT2D eigenvalue weighted by molar-refractivity contribution is 0.0752. The number of aromatic amines is 1. The van der Waals surface area contributed by atoms with Crippen molar-refractivity contribution in [2.45, 2.75) is 30.6 Å². The first kappa shape index (κ1) is 13.7. The Balaban J connectivity index is 2.35. The fourth-order valence-corrected chi connectivity index (χ4v) is 4.92. The number of nitrogens with zero attached hydrogens (tertiary/aromatic N) is 1. The minimum Gasteiger partial charge on any atom is -0.377 e. The molecule has 6 nitrogen and oxygen atoms in total. The monoisotopic (exact) mass is 292 g/mol. The molecule has 2 rings (SSSR count). The van der Waals surface area contributed by atoms with Crippen molar-refractivity contribution >= 4 is 21.4 Å². The molecule has 2 heterocycles. The Bertz CT molecular complexity index is 575. The highest BCUT2D eigenvalue weighted by Crippen LogP contribution is 2.22. The third-order valence-electron chi connectivity index (χ3n) is 2.77. The molecule has 1 saturated heterocycles. The normalized spacial score (nSPS) is 22.9. The molecule has 0 bridgehead atoms. The number of rotatable bonds is 2. The van der Waals surface area contributed by atoms with Gasteiger partial charge in [0.05, 0.1) is 6.10 Å². The molecule has 18 heavy (non-hydrogen) atoms. The summed E-state index contributed by atoms with van der Waals surface area (Å²) in [5, 5.41) is 0. The Morgan fingerprint density at radius 1 is 1.50 bits per heavy atom. The average Bonchev–Trinajstić information content (AvgIpc) is 2.50. The van der Waals surface area contributed by atoms with Gasteiger partial charge in [0.2, 0.25) is 0 Å². The van der Waals surface area contributed by atoms with Gasteiger partial charge < -0.3 is 9.72 Å². The molecule has 0 radical (unpaired) electrons. The van der Waals surface area contributed by atoms with Crippen LogP contribution in [0.4, 0.5) is 0 Å². The van der Waals surface area contributed by atoms with Crippen molar-refractivity contribution in [1.29, 1.82) is 0 Å². The van der Waals surface area contributed by atoms with Crippen LogP contribution in [0.15, 0.2) is 9.00 Å². The van der Waals surface area contributed by atoms with E-state index in [1.54, 1.807) is 6.92 Å². The Hall–Kier alpha value is -0.700. The van der Waals surface area contributed by atoms with Crippen LogP contribution in [0.3, 0.4) is 0 Å². The number of hydrogen-bond donors (Lipinski definition) is 1. The second-order valence-electron chi connectivity index (χ2n) is 4.32. The van der Waals surface area contributed by atoms with Gasteiger partial charge in [0, 0.05) is 25.4 Å². The van der Waals surface area contributed by atoms with Gasteiger partial charge in [-0.2, -0.15) is 4.31 Å². The topological polar surface area (TPSA) is 79.5 Å². The lowest BCUT2D eigenvalue weighted by Gasteiger charge is -2.20. The van der Waals surface area contributed by atoms with Gasteiger partial charge in [-0.15, -0.1) is 0 Å². The molecule has 0 aromatic carbocycles. The summed E-state index contributed by atoms with van der Waals surface area (Å²) < 4.78 is 31.8. The average molecular weight is 292 g/mol. The summed E-state index contributed by atoms with van der Waals surface area (Å²) in [6.45, 7) is 4.77. The van der Waals surface area contributed by atoms with Crippen molar-refractivity contribution in [2.24, 2.45) is 0 Å². The maximum Gasteiger partial charge on any atom is 0.305 e. The molecule has 0 amide bonds. The van der Waals surface area contributed by atoms with Crippen LogP contribution in [0.1, 0.15) is 19.0 Å². The lowest BCUT2D eigenvalue weighted by Crippen LogP contribution is -2.35. The highest BCUT2D eigenvalue weighted by Gasteiger charge is 2.30. The van der Waals surface area contributed by atoms with Crippen LogP contribution >= 0.6 is 11.3 Å². The number of thiazole rings is 1. The molecule has 1 fully saturated rings. The molecular weight excluding hydrogens is 276 g/mol. The summed E-state index contributed by atoms with van der Waals surface area (Å²) in [7, 11) is -3.59. The summed E-state index contributed by atoms with van der Waals surface area (Å²) in [5.74, 6) is 0. The quantitative estimate of drug-likeness (QED) is 0.863. The van der Waals surface area contributed by atoms with Crippen LogP contribution in [0.2, 0.25) is 0 Å². The van der Waals surface area contributed by atoms with Gasteiger partial charge in [0.25, 0.3) is 10.0 Å². The van der Waals surface area contributed by atoms with E-state index >= 15 is 0 Å². The van der Waals surface area contributed by atoms with Gasteiger partial charge in [-0.05, 0) is 20.3 Å². The van der Waals surface area contributed by atoms with Crippen LogP contribution in [0.5, 0.6) is 0 Å². The minimum absolute atomic E-state index is 0.113. The zero-order valence-electron chi connectivity index (χ0n) is 10.3. The predicted molar refractivity (Wildman–Crippen MR) is 68.5 cm³/mol. The number of H-pyrrole nitrogens is 1. The summed E-state index contributed by atoms with van der Waals surface area (Å²) in [5.41, 5.74) is 0.405. The number of aryl methyl sites for hydroxylation is 1. The van der Waals surface area contributed by atoms with Crippen LogP contribution < -0.4 is 4.87 Å². The van der Waals surface area contributed by atoms with E-state index in [0.29, 0.717) is 31.8 Å². The Kier molecular flexibility index (Phi) is 3.90. The predicted octanol–water partition coefficient (Wildman–Crippen LogP) is 0.544. The van der Waals surface area contributed by atoms with Crippen molar-refractivity contribution in [1.82, 2.24) is 9.29 Å². The second-order valence-corrected chi connectivity index (χ2v) is 7.44. The van der Waals surface area contributed by atoms with E-state index < -0.39 is 10.0 Å². The van der Waals surface area contributed by atoms with Crippen molar-refractivity contribution in [3.8, 4) is 0 Å². The van der Waals surface area contributed by atoms with Gasteiger partial charge in [0.1, 0.15) is 0 Å². The number of aromatic nitrogens is 1. The third kappa shape index (κ3) is 2.66. The first-order valence-corrected chi connectivity index (χ1v) is 7.98. The SMILES string of the molecule is Cc1[nH]c(=O)sc1S(=O)(=O)N1CCCOC(C)C1. The summed E-state index contributed by atoms with van der Waals surface area (Å²) >= 11 is 0.741. The van der Waals surface area contributed by atoms with E-state index in [0.717, 1.165) is 11.3 Å². The van der Waals surface area contributed by atoms with Crippen molar-refractivity contribution in [3.05, 3.63) is 15.4 Å². The van der Waals surface area contributed by atoms with Crippen LogP contribution in [0, 0.1) is 6.92 Å². The van der Waals surface area contributed by atoms with E-state index in [9.17, 15) is 13.2 Å². The van der Waals surface area contributed by atoms with E-state index in [2.05, 4.69) is 4.98 Å². The minimum atomic E-state index is -3.59. The highest BCUT2D eigenvalue weighted by atomic mass is 32.2. The fraction of sp³-hybridized carbons (Fsp3) is 0.700. The molecule has 1 aromatic heterocycles. The van der Waals surface area contributed by atoms with Crippen LogP contribution in [-0.4, -0.2) is 43.5 Å². The molecule has 1 aliphatic rings. The summed E-state index contributed by atoms with van der Waals surface area (Å²) in [4.78, 5) is 13.4. The second kappa shape index (κ2) is 5.12. The zero-order valence-corrected chi connectivity index (χ0v) is 11.9. The van der Waals surface area contributed by atoms with Crippen molar-refractivity contribution in [3.63, 3.8) is 0 Å². The van der Waals surface area contributed by atoms with E-state index in [1.807, 2.05) is 6.92 Å². The molecule has 1 atom stereocenters. The molecular formula is C10H16N2O4S2. The van der Waals surface area contributed by atoms with Crippen molar-refractivity contribution in [2.75, 3.05) is 19.7 Å². The maximum absolute atomic E-state index is 12.4. The third-order valence-corrected chi connectivity index (χ3v) is 6.22. The molecule has 0 aliphatic carbocycles. The lowest BCUT2D eigenvalue weighted by atomic mass is 10.4. The van der Waals surface area contributed by atoms with E-state index in [1.165, 1.54) is 4.31 Å². The summed E-state index contributed by atoms with van der Waals surface area (Å²) in [6, 6.07) is 0. The molecule has 102 valence electrons. The highest BCUT2D eigenvalue weighted by molar-refractivity contribution is 7.91. The molecule has 1 aromatic rings. The standard InChI is InChI=1S/C10H16N2O4S2/c1-7-6-12(4-3-5-16-7)18(14,15)9-8(2)11-10(13)17-9/h7H,3-6H2,1-2H3,(H,11,13). The molecule has 1 aliphatic heterocycles. The zero-order chi connectivity index (χ0) is 13.3. The Morgan fingerprint density at radius 3 is 2.83 bits per heavy atom. The number of ether oxygens (including phenoxy) is 1. The molecule has 1 unspecified atom stereocenters. The van der Waals surface area contributed by atoms with Crippen LogP contribution in [-0.2, 0) is 14.8 Å². The van der Waals surface area contributed by atoms with Gasteiger partial charge >= 0.3 is 4.87 Å².